The highest BCUT2D eigenvalue weighted by molar-refractivity contribution is 6.33. The summed E-state index contributed by atoms with van der Waals surface area (Å²) < 4.78 is 5.04. The van der Waals surface area contributed by atoms with E-state index >= 15 is 0 Å². The number of esters is 1. The van der Waals surface area contributed by atoms with Crippen molar-refractivity contribution < 1.29 is 23.9 Å². The molecule has 1 saturated heterocycles. The number of nitrogens with zero attached hydrogens (tertiary/aromatic N) is 1. The van der Waals surface area contributed by atoms with E-state index in [1.807, 2.05) is 0 Å². The normalized spacial score (nSPS) is 29.0. The molecular weight excluding hydrogens is 384 g/mol. The SMILES string of the molecule is C[C@@H](C(=O)OCC(=O)Nc1ccccc1Cl)N1C(=O)[C@@H]2[C@H]3CC[C@@H](C3)[C@@H]2C1=O. The fraction of sp³-hybridized carbons (Fsp3) is 0.500. The van der Waals surface area contributed by atoms with E-state index in [4.69, 9.17) is 16.3 Å². The minimum Gasteiger partial charge on any atom is -0.454 e. The Morgan fingerprint density at radius 2 is 1.79 bits per heavy atom. The first-order valence-corrected chi connectivity index (χ1v) is 9.84. The van der Waals surface area contributed by atoms with Gasteiger partial charge in [0.05, 0.1) is 22.5 Å². The average Bonchev–Trinajstić information content (AvgIpc) is 3.35. The summed E-state index contributed by atoms with van der Waals surface area (Å²) in [5.41, 5.74) is 0.409. The van der Waals surface area contributed by atoms with Crippen molar-refractivity contribution >= 4 is 41.0 Å². The number of halogens is 1. The molecule has 0 radical (unpaired) electrons. The largest absolute Gasteiger partial charge is 0.454 e. The predicted molar refractivity (Wildman–Crippen MR) is 100 cm³/mol. The van der Waals surface area contributed by atoms with Crippen LogP contribution in [0.25, 0.3) is 0 Å². The molecule has 1 N–H and O–H groups in total. The van der Waals surface area contributed by atoms with Gasteiger partial charge in [0.1, 0.15) is 6.04 Å². The van der Waals surface area contributed by atoms with Crippen LogP contribution >= 0.6 is 11.6 Å². The number of likely N-dealkylation sites (tertiary alicyclic amines) is 1. The van der Waals surface area contributed by atoms with Crippen LogP contribution in [0.1, 0.15) is 26.2 Å². The highest BCUT2D eigenvalue weighted by Gasteiger charge is 2.62. The second kappa shape index (κ2) is 7.20. The van der Waals surface area contributed by atoms with Crippen molar-refractivity contribution in [2.24, 2.45) is 23.7 Å². The number of carbonyl (C=O) groups excluding carboxylic acids is 4. The molecule has 8 heteroatoms. The highest BCUT2D eigenvalue weighted by Crippen LogP contribution is 2.56. The van der Waals surface area contributed by atoms with Crippen molar-refractivity contribution in [3.63, 3.8) is 0 Å². The topological polar surface area (TPSA) is 92.8 Å². The average molecular weight is 405 g/mol. The summed E-state index contributed by atoms with van der Waals surface area (Å²) in [5, 5.41) is 2.91. The number of anilines is 1. The molecular formula is C20H21ClN2O5. The van der Waals surface area contributed by atoms with Crippen molar-refractivity contribution in [3.8, 4) is 0 Å². The van der Waals surface area contributed by atoms with Crippen molar-refractivity contribution in [2.45, 2.75) is 32.2 Å². The van der Waals surface area contributed by atoms with E-state index in [-0.39, 0.29) is 35.5 Å². The maximum absolute atomic E-state index is 12.8. The Labute approximate surface area is 167 Å². The van der Waals surface area contributed by atoms with E-state index in [2.05, 4.69) is 5.32 Å². The molecule has 2 aliphatic carbocycles. The first-order valence-electron chi connectivity index (χ1n) is 9.46. The molecule has 2 saturated carbocycles. The lowest BCUT2D eigenvalue weighted by atomic mass is 9.81. The van der Waals surface area contributed by atoms with Crippen molar-refractivity contribution in [2.75, 3.05) is 11.9 Å². The Balaban J connectivity index is 1.35. The maximum atomic E-state index is 12.8. The van der Waals surface area contributed by atoms with Crippen LogP contribution in [0.5, 0.6) is 0 Å². The third-order valence-corrected chi connectivity index (χ3v) is 6.51. The van der Waals surface area contributed by atoms with E-state index < -0.39 is 24.5 Å². The van der Waals surface area contributed by atoms with Crippen LogP contribution in [-0.4, -0.2) is 41.2 Å². The summed E-state index contributed by atoms with van der Waals surface area (Å²) in [7, 11) is 0. The van der Waals surface area contributed by atoms with Crippen LogP contribution in [0.3, 0.4) is 0 Å². The van der Waals surface area contributed by atoms with Gasteiger partial charge >= 0.3 is 5.97 Å². The van der Waals surface area contributed by atoms with Gasteiger partial charge in [0.25, 0.3) is 5.91 Å². The van der Waals surface area contributed by atoms with Gasteiger partial charge in [0, 0.05) is 0 Å². The summed E-state index contributed by atoms with van der Waals surface area (Å²) in [5.74, 6) is -1.94. The van der Waals surface area contributed by atoms with Gasteiger partial charge in [-0.1, -0.05) is 23.7 Å². The smallest absolute Gasteiger partial charge is 0.329 e. The Morgan fingerprint density at radius 1 is 1.18 bits per heavy atom. The van der Waals surface area contributed by atoms with Gasteiger partial charge in [-0.25, -0.2) is 4.79 Å². The van der Waals surface area contributed by atoms with E-state index in [1.165, 1.54) is 6.92 Å². The number of amides is 3. The van der Waals surface area contributed by atoms with E-state index in [0.29, 0.717) is 10.7 Å². The van der Waals surface area contributed by atoms with E-state index in [9.17, 15) is 19.2 Å². The lowest BCUT2D eigenvalue weighted by molar-refractivity contribution is -0.159. The zero-order valence-electron chi connectivity index (χ0n) is 15.4. The molecule has 28 heavy (non-hydrogen) atoms. The highest BCUT2D eigenvalue weighted by atomic mass is 35.5. The summed E-state index contributed by atoms with van der Waals surface area (Å²) in [6.45, 7) is 0.940. The second-order valence-corrected chi connectivity index (χ2v) is 8.15. The number of hydrogen-bond donors (Lipinski definition) is 1. The van der Waals surface area contributed by atoms with Gasteiger partial charge in [0.15, 0.2) is 6.61 Å². The van der Waals surface area contributed by atoms with E-state index in [0.717, 1.165) is 24.2 Å². The Bertz CT molecular complexity index is 829. The summed E-state index contributed by atoms with van der Waals surface area (Å²) in [4.78, 5) is 50.9. The zero-order chi connectivity index (χ0) is 20.0. The lowest BCUT2D eigenvalue weighted by Crippen LogP contribution is -2.45. The number of imide groups is 1. The first-order chi connectivity index (χ1) is 13.4. The van der Waals surface area contributed by atoms with E-state index in [1.54, 1.807) is 24.3 Å². The fourth-order valence-corrected chi connectivity index (χ4v) is 5.11. The zero-order valence-corrected chi connectivity index (χ0v) is 16.1. The molecule has 0 unspecified atom stereocenters. The van der Waals surface area contributed by atoms with Crippen molar-refractivity contribution in [1.29, 1.82) is 0 Å². The maximum Gasteiger partial charge on any atom is 0.329 e. The van der Waals surface area contributed by atoms with Crippen molar-refractivity contribution in [1.82, 2.24) is 4.90 Å². The molecule has 1 aliphatic heterocycles. The predicted octanol–water partition coefficient (Wildman–Crippen LogP) is 2.24. The van der Waals surface area contributed by atoms with Gasteiger partial charge in [0.2, 0.25) is 11.8 Å². The van der Waals surface area contributed by atoms with Crippen LogP contribution in [0.4, 0.5) is 5.69 Å². The fourth-order valence-electron chi connectivity index (χ4n) is 4.93. The minimum absolute atomic E-state index is 0.251. The minimum atomic E-state index is -1.04. The number of fused-ring (bicyclic) bond motifs is 5. The summed E-state index contributed by atoms with van der Waals surface area (Å²) in [6.07, 6.45) is 2.88. The number of rotatable bonds is 5. The molecule has 4 rings (SSSR count). The van der Waals surface area contributed by atoms with Crippen LogP contribution < -0.4 is 5.32 Å². The van der Waals surface area contributed by atoms with Crippen LogP contribution in [0, 0.1) is 23.7 Å². The summed E-state index contributed by atoms with van der Waals surface area (Å²) in [6, 6.07) is 5.65. The molecule has 5 atom stereocenters. The molecule has 1 aromatic carbocycles. The number of nitrogens with one attached hydrogen (secondary N) is 1. The first kappa shape index (κ1) is 18.9. The van der Waals surface area contributed by atoms with Crippen LogP contribution in [0.2, 0.25) is 5.02 Å². The third kappa shape index (κ3) is 3.07. The van der Waals surface area contributed by atoms with Crippen LogP contribution in [-0.2, 0) is 23.9 Å². The Kier molecular flexibility index (Phi) is 4.87. The van der Waals surface area contributed by atoms with Gasteiger partial charge < -0.3 is 10.1 Å². The number of benzene rings is 1. The van der Waals surface area contributed by atoms with Gasteiger partial charge in [-0.3, -0.25) is 19.3 Å². The Hall–Kier alpha value is -2.41. The number of ether oxygens (including phenoxy) is 1. The third-order valence-electron chi connectivity index (χ3n) is 6.18. The lowest BCUT2D eigenvalue weighted by Gasteiger charge is -2.23. The standard InChI is InChI=1S/C20H21ClN2O5/c1-10(20(27)28-9-15(24)22-14-5-3-2-4-13(14)21)23-18(25)16-11-6-7-12(8-11)17(16)19(23)26/h2-5,10-12,16-17H,6-9H2,1H3,(H,22,24)/t10-,11-,12-,16-,17+/m0/s1. The Morgan fingerprint density at radius 3 is 2.39 bits per heavy atom. The molecule has 3 amide bonds. The monoisotopic (exact) mass is 404 g/mol. The molecule has 2 bridgehead atoms. The number of hydrogen-bond acceptors (Lipinski definition) is 5. The van der Waals surface area contributed by atoms with Gasteiger partial charge in [-0.15, -0.1) is 0 Å². The molecule has 1 heterocycles. The molecule has 148 valence electrons. The molecule has 0 spiro atoms. The number of carbonyl (C=O) groups is 4. The summed E-state index contributed by atoms with van der Waals surface area (Å²) >= 11 is 5.97. The van der Waals surface area contributed by atoms with Gasteiger partial charge in [-0.05, 0) is 50.2 Å². The number of para-hydroxylation sites is 1. The molecule has 7 nitrogen and oxygen atoms in total. The quantitative estimate of drug-likeness (QED) is 0.600. The van der Waals surface area contributed by atoms with Gasteiger partial charge in [-0.2, -0.15) is 0 Å². The van der Waals surface area contributed by atoms with Crippen molar-refractivity contribution in [3.05, 3.63) is 29.3 Å². The molecule has 0 aromatic heterocycles. The molecule has 3 aliphatic rings. The molecule has 3 fully saturated rings. The second-order valence-electron chi connectivity index (χ2n) is 7.74. The molecule has 1 aromatic rings. The van der Waals surface area contributed by atoms with Crippen LogP contribution in [0.15, 0.2) is 24.3 Å².